The second kappa shape index (κ2) is 8.13. The zero-order valence-corrected chi connectivity index (χ0v) is 16.6. The molecule has 0 unspecified atom stereocenters. The molecule has 3 aromatic rings. The van der Waals surface area contributed by atoms with E-state index in [0.29, 0.717) is 17.1 Å². The first-order chi connectivity index (χ1) is 13.4. The fourth-order valence-electron chi connectivity index (χ4n) is 2.57. The predicted molar refractivity (Wildman–Crippen MR) is 111 cm³/mol. The molecule has 3 rings (SSSR count). The van der Waals surface area contributed by atoms with Gasteiger partial charge >= 0.3 is 5.69 Å². The number of aryl methyl sites for hydroxylation is 1. The Morgan fingerprint density at radius 1 is 1.25 bits per heavy atom. The van der Waals surface area contributed by atoms with Gasteiger partial charge in [0.25, 0.3) is 5.56 Å². The molecule has 0 saturated heterocycles. The fraction of sp³-hybridized carbons (Fsp3) is 0.105. The summed E-state index contributed by atoms with van der Waals surface area (Å²) in [6, 6.07) is 12.2. The van der Waals surface area contributed by atoms with E-state index >= 15 is 0 Å². The summed E-state index contributed by atoms with van der Waals surface area (Å²) in [6.45, 7) is 1.85. The van der Waals surface area contributed by atoms with Gasteiger partial charge in [-0.3, -0.25) is 15.2 Å². The van der Waals surface area contributed by atoms with E-state index in [0.717, 1.165) is 20.8 Å². The van der Waals surface area contributed by atoms with E-state index in [4.69, 9.17) is 4.74 Å². The van der Waals surface area contributed by atoms with Crippen LogP contribution in [0.5, 0.6) is 11.6 Å². The van der Waals surface area contributed by atoms with Crippen molar-refractivity contribution >= 4 is 27.8 Å². The highest BCUT2D eigenvalue weighted by Crippen LogP contribution is 2.23. The lowest BCUT2D eigenvalue weighted by atomic mass is 10.2. The number of nitrogens with one attached hydrogen (secondary N) is 2. The number of hydrogen-bond acceptors (Lipinski definition) is 6. The van der Waals surface area contributed by atoms with Crippen LogP contribution in [0, 0.1) is 6.92 Å². The Kier molecular flexibility index (Phi) is 5.65. The molecular formula is C19H17BrN4O4. The lowest BCUT2D eigenvalue weighted by Crippen LogP contribution is -2.31. The molecular weight excluding hydrogens is 428 g/mol. The van der Waals surface area contributed by atoms with Crippen LogP contribution in [-0.4, -0.2) is 28.0 Å². The standard InChI is InChI=1S/C19H17BrN4O4/c1-11-9-12(7-8-14(11)20)24-18(26)13(17(25)22-19(24)27)10-21-23-15-5-3-4-6-16(15)28-2/h3-10,23,26H,1-2H3,(H,22,25,27). The van der Waals surface area contributed by atoms with Gasteiger partial charge in [0.1, 0.15) is 11.3 Å². The van der Waals surface area contributed by atoms with Gasteiger partial charge in [-0.1, -0.05) is 28.1 Å². The molecule has 0 radical (unpaired) electrons. The molecule has 2 aromatic carbocycles. The Labute approximate surface area is 168 Å². The SMILES string of the molecule is COc1ccccc1NN=Cc1c(O)n(-c2ccc(Br)c(C)c2)c(=O)[nH]c1=O. The number of aromatic amines is 1. The third kappa shape index (κ3) is 3.84. The van der Waals surface area contributed by atoms with Gasteiger partial charge < -0.3 is 9.84 Å². The van der Waals surface area contributed by atoms with Crippen molar-refractivity contribution in [1.82, 2.24) is 9.55 Å². The summed E-state index contributed by atoms with van der Waals surface area (Å²) in [6.07, 6.45) is 1.14. The summed E-state index contributed by atoms with van der Waals surface area (Å²) >= 11 is 3.39. The number of aromatic nitrogens is 2. The monoisotopic (exact) mass is 444 g/mol. The number of para-hydroxylation sites is 2. The highest BCUT2D eigenvalue weighted by atomic mass is 79.9. The quantitative estimate of drug-likeness (QED) is 0.414. The number of nitrogens with zero attached hydrogens (tertiary/aromatic N) is 2. The third-order valence-corrected chi connectivity index (χ3v) is 4.90. The van der Waals surface area contributed by atoms with Gasteiger partial charge in [-0.15, -0.1) is 0 Å². The number of H-pyrrole nitrogens is 1. The number of hydrazone groups is 1. The van der Waals surface area contributed by atoms with E-state index in [1.165, 1.54) is 7.11 Å². The highest BCUT2D eigenvalue weighted by molar-refractivity contribution is 9.10. The molecule has 0 saturated carbocycles. The van der Waals surface area contributed by atoms with Gasteiger partial charge in [0.15, 0.2) is 0 Å². The van der Waals surface area contributed by atoms with Crippen LogP contribution in [0.4, 0.5) is 5.69 Å². The van der Waals surface area contributed by atoms with E-state index in [2.05, 4.69) is 31.4 Å². The zero-order valence-electron chi connectivity index (χ0n) is 15.1. The van der Waals surface area contributed by atoms with Crippen LogP contribution in [0.25, 0.3) is 5.69 Å². The summed E-state index contributed by atoms with van der Waals surface area (Å²) < 4.78 is 7.07. The number of anilines is 1. The molecule has 1 aromatic heterocycles. The van der Waals surface area contributed by atoms with Gasteiger partial charge in [-0.2, -0.15) is 5.10 Å². The highest BCUT2D eigenvalue weighted by Gasteiger charge is 2.15. The zero-order chi connectivity index (χ0) is 20.3. The first-order valence-electron chi connectivity index (χ1n) is 8.19. The van der Waals surface area contributed by atoms with E-state index < -0.39 is 17.1 Å². The number of methoxy groups -OCH3 is 1. The number of halogens is 1. The molecule has 0 atom stereocenters. The Morgan fingerprint density at radius 3 is 2.71 bits per heavy atom. The lowest BCUT2D eigenvalue weighted by molar-refractivity contribution is 0.416. The van der Waals surface area contributed by atoms with Crippen molar-refractivity contribution in [3.63, 3.8) is 0 Å². The van der Waals surface area contributed by atoms with Gasteiger partial charge in [0.2, 0.25) is 5.88 Å². The fourth-order valence-corrected chi connectivity index (χ4v) is 2.81. The van der Waals surface area contributed by atoms with Crippen molar-refractivity contribution < 1.29 is 9.84 Å². The summed E-state index contributed by atoms with van der Waals surface area (Å²) in [5.41, 5.74) is 2.93. The summed E-state index contributed by atoms with van der Waals surface area (Å²) in [5.74, 6) is 0.0501. The molecule has 3 N–H and O–H groups in total. The normalized spacial score (nSPS) is 11.0. The largest absolute Gasteiger partial charge is 0.495 e. The van der Waals surface area contributed by atoms with Crippen LogP contribution in [0.2, 0.25) is 0 Å². The maximum atomic E-state index is 12.2. The van der Waals surface area contributed by atoms with Crippen LogP contribution >= 0.6 is 15.9 Å². The van der Waals surface area contributed by atoms with Gasteiger partial charge in [-0.25, -0.2) is 9.36 Å². The average Bonchev–Trinajstić information content (AvgIpc) is 2.67. The maximum absolute atomic E-state index is 12.2. The van der Waals surface area contributed by atoms with E-state index in [1.807, 2.05) is 6.92 Å². The summed E-state index contributed by atoms with van der Waals surface area (Å²) in [4.78, 5) is 26.6. The Balaban J connectivity index is 2.01. The smallest absolute Gasteiger partial charge is 0.335 e. The Morgan fingerprint density at radius 2 is 2.00 bits per heavy atom. The number of hydrogen-bond donors (Lipinski definition) is 3. The lowest BCUT2D eigenvalue weighted by Gasteiger charge is -2.11. The van der Waals surface area contributed by atoms with E-state index in [9.17, 15) is 14.7 Å². The van der Waals surface area contributed by atoms with Crippen LogP contribution in [-0.2, 0) is 0 Å². The number of ether oxygens (including phenoxy) is 1. The van der Waals surface area contributed by atoms with Crippen molar-refractivity contribution in [2.24, 2.45) is 5.10 Å². The molecule has 0 aliphatic heterocycles. The van der Waals surface area contributed by atoms with Crippen LogP contribution in [0.15, 0.2) is 61.6 Å². The molecule has 8 nitrogen and oxygen atoms in total. The number of aromatic hydroxyl groups is 1. The average molecular weight is 445 g/mol. The number of benzene rings is 2. The predicted octanol–water partition coefficient (Wildman–Crippen LogP) is 2.76. The van der Waals surface area contributed by atoms with Crippen molar-refractivity contribution in [2.45, 2.75) is 6.92 Å². The van der Waals surface area contributed by atoms with Crippen LogP contribution < -0.4 is 21.4 Å². The van der Waals surface area contributed by atoms with Crippen molar-refractivity contribution in [3.05, 3.63) is 78.9 Å². The van der Waals surface area contributed by atoms with Gasteiger partial charge in [-0.05, 0) is 42.8 Å². The molecule has 144 valence electrons. The molecule has 1 heterocycles. The van der Waals surface area contributed by atoms with E-state index in [1.54, 1.807) is 42.5 Å². The minimum atomic E-state index is -0.752. The molecule has 0 aliphatic rings. The number of rotatable bonds is 5. The van der Waals surface area contributed by atoms with Crippen LogP contribution in [0.1, 0.15) is 11.1 Å². The van der Waals surface area contributed by atoms with Crippen molar-refractivity contribution in [1.29, 1.82) is 0 Å². The Bertz CT molecular complexity index is 1170. The molecule has 9 heteroatoms. The van der Waals surface area contributed by atoms with E-state index in [-0.39, 0.29) is 5.56 Å². The summed E-state index contributed by atoms with van der Waals surface area (Å²) in [7, 11) is 1.52. The molecule has 0 amide bonds. The maximum Gasteiger partial charge on any atom is 0.335 e. The van der Waals surface area contributed by atoms with Crippen molar-refractivity contribution in [3.8, 4) is 17.3 Å². The van der Waals surface area contributed by atoms with Gasteiger partial charge in [0.05, 0.1) is 24.7 Å². The third-order valence-electron chi connectivity index (χ3n) is 4.01. The molecule has 0 aliphatic carbocycles. The second-order valence-electron chi connectivity index (χ2n) is 5.84. The van der Waals surface area contributed by atoms with Gasteiger partial charge in [0, 0.05) is 4.47 Å². The summed E-state index contributed by atoms with van der Waals surface area (Å²) in [5, 5.41) is 14.5. The topological polar surface area (TPSA) is 109 Å². The van der Waals surface area contributed by atoms with Crippen LogP contribution in [0.3, 0.4) is 0 Å². The molecule has 28 heavy (non-hydrogen) atoms. The Hall–Kier alpha value is -3.33. The minimum absolute atomic E-state index is 0.164. The molecule has 0 bridgehead atoms. The molecule has 0 spiro atoms. The first kappa shape index (κ1) is 19.4. The van der Waals surface area contributed by atoms with Crippen molar-refractivity contribution in [2.75, 3.05) is 12.5 Å². The minimum Gasteiger partial charge on any atom is -0.495 e. The first-order valence-corrected chi connectivity index (χ1v) is 8.98. The second-order valence-corrected chi connectivity index (χ2v) is 6.69. The molecule has 0 fully saturated rings.